The predicted molar refractivity (Wildman–Crippen MR) is 79.4 cm³/mol. The minimum atomic E-state index is -0.878. The largest absolute Gasteiger partial charge is 0.481 e. The Hall–Kier alpha value is -2.08. The molecule has 0 radical (unpaired) electrons. The Morgan fingerprint density at radius 2 is 2.00 bits per heavy atom. The van der Waals surface area contributed by atoms with Gasteiger partial charge < -0.3 is 19.5 Å². The van der Waals surface area contributed by atoms with Crippen LogP contribution in [0.2, 0.25) is 0 Å². The lowest BCUT2D eigenvalue weighted by atomic mass is 9.93. The minimum absolute atomic E-state index is 0.135. The van der Waals surface area contributed by atoms with E-state index in [9.17, 15) is 9.59 Å². The fraction of sp³-hybridized carbons (Fsp3) is 0.500. The van der Waals surface area contributed by atoms with Gasteiger partial charge in [-0.15, -0.1) is 0 Å². The zero-order valence-corrected chi connectivity index (χ0v) is 12.6. The highest BCUT2D eigenvalue weighted by Crippen LogP contribution is 2.23. The number of piperidine rings is 1. The smallest absolute Gasteiger partial charge is 0.410 e. The second-order valence-electron chi connectivity index (χ2n) is 5.41. The first-order chi connectivity index (χ1) is 10.6. The maximum absolute atomic E-state index is 12.3. The number of benzene rings is 1. The Labute approximate surface area is 129 Å². The number of rotatable bonds is 5. The Morgan fingerprint density at radius 1 is 1.27 bits per heavy atom. The van der Waals surface area contributed by atoms with Gasteiger partial charge in [0.05, 0.1) is 18.6 Å². The number of hydrogen-bond acceptors (Lipinski definition) is 4. The standard InChI is InChI=1S/C16H21NO5/c1-21-11-14-8-7-13(15(18)19)9-17(14)16(20)22-10-12-5-3-2-4-6-12/h2-6,13-14H,7-11H2,1H3,(H,18,19)/t13?,14-/m0/s1. The number of likely N-dealkylation sites (tertiary alicyclic amines) is 1. The lowest BCUT2D eigenvalue weighted by Gasteiger charge is -2.37. The topological polar surface area (TPSA) is 76.1 Å². The monoisotopic (exact) mass is 307 g/mol. The summed E-state index contributed by atoms with van der Waals surface area (Å²) in [7, 11) is 1.57. The van der Waals surface area contributed by atoms with Crippen LogP contribution in [0.1, 0.15) is 18.4 Å². The molecule has 6 heteroatoms. The van der Waals surface area contributed by atoms with Crippen LogP contribution in [0.25, 0.3) is 0 Å². The van der Waals surface area contributed by atoms with Gasteiger partial charge in [-0.25, -0.2) is 4.79 Å². The highest BCUT2D eigenvalue weighted by Gasteiger charge is 2.35. The first-order valence-corrected chi connectivity index (χ1v) is 7.31. The molecule has 0 bridgehead atoms. The summed E-state index contributed by atoms with van der Waals surface area (Å²) < 4.78 is 10.4. The maximum atomic E-state index is 12.3. The number of amides is 1. The molecule has 1 N–H and O–H groups in total. The Kier molecular flexibility index (Phi) is 5.77. The first kappa shape index (κ1) is 16.3. The van der Waals surface area contributed by atoms with Gasteiger partial charge in [0, 0.05) is 13.7 Å². The summed E-state index contributed by atoms with van der Waals surface area (Å²) in [5.41, 5.74) is 0.894. The van der Waals surface area contributed by atoms with E-state index in [1.807, 2.05) is 30.3 Å². The molecule has 1 heterocycles. The number of carbonyl (C=O) groups excluding carboxylic acids is 1. The van der Waals surface area contributed by atoms with Crippen LogP contribution in [0.3, 0.4) is 0 Å². The van der Waals surface area contributed by atoms with E-state index in [4.69, 9.17) is 14.6 Å². The van der Waals surface area contributed by atoms with Gasteiger partial charge in [0.15, 0.2) is 0 Å². The summed E-state index contributed by atoms with van der Waals surface area (Å²) in [6, 6.07) is 9.24. The number of carboxylic acid groups (broad SMARTS) is 1. The highest BCUT2D eigenvalue weighted by atomic mass is 16.6. The number of methoxy groups -OCH3 is 1. The van der Waals surface area contributed by atoms with E-state index in [0.717, 1.165) is 5.56 Å². The zero-order valence-electron chi connectivity index (χ0n) is 12.6. The first-order valence-electron chi connectivity index (χ1n) is 7.31. The van der Waals surface area contributed by atoms with E-state index >= 15 is 0 Å². The molecule has 1 amide bonds. The van der Waals surface area contributed by atoms with Crippen LogP contribution in [0, 0.1) is 5.92 Å². The van der Waals surface area contributed by atoms with E-state index in [2.05, 4.69) is 0 Å². The van der Waals surface area contributed by atoms with Crippen LogP contribution in [-0.2, 0) is 20.9 Å². The van der Waals surface area contributed by atoms with Gasteiger partial charge in [-0.2, -0.15) is 0 Å². The van der Waals surface area contributed by atoms with Gasteiger partial charge in [0.2, 0.25) is 0 Å². The fourth-order valence-corrected chi connectivity index (χ4v) is 2.62. The van der Waals surface area contributed by atoms with E-state index in [-0.39, 0.29) is 19.2 Å². The number of carboxylic acids is 1. The molecule has 1 fully saturated rings. The third-order valence-corrected chi connectivity index (χ3v) is 3.85. The van der Waals surface area contributed by atoms with Gasteiger partial charge in [-0.3, -0.25) is 4.79 Å². The van der Waals surface area contributed by atoms with Crippen LogP contribution >= 0.6 is 0 Å². The molecule has 1 unspecified atom stereocenters. The SMILES string of the molecule is COC[C@@H]1CCC(C(=O)O)CN1C(=O)OCc1ccccc1. The number of hydrogen-bond donors (Lipinski definition) is 1. The molecule has 22 heavy (non-hydrogen) atoms. The lowest BCUT2D eigenvalue weighted by molar-refractivity contribution is -0.144. The van der Waals surface area contributed by atoms with Crippen LogP contribution in [0.5, 0.6) is 0 Å². The lowest BCUT2D eigenvalue weighted by Crippen LogP contribution is -2.50. The molecule has 120 valence electrons. The number of ether oxygens (including phenoxy) is 2. The highest BCUT2D eigenvalue weighted by molar-refractivity contribution is 5.73. The maximum Gasteiger partial charge on any atom is 0.410 e. The van der Waals surface area contributed by atoms with E-state index in [1.165, 1.54) is 4.90 Å². The van der Waals surface area contributed by atoms with Crippen molar-refractivity contribution in [3.8, 4) is 0 Å². The molecule has 0 aromatic heterocycles. The average Bonchev–Trinajstić information content (AvgIpc) is 2.54. The van der Waals surface area contributed by atoms with Gasteiger partial charge in [-0.1, -0.05) is 30.3 Å². The van der Waals surface area contributed by atoms with Gasteiger partial charge in [0.1, 0.15) is 6.61 Å². The van der Waals surface area contributed by atoms with Crippen molar-refractivity contribution in [1.29, 1.82) is 0 Å². The van der Waals surface area contributed by atoms with Crippen molar-refractivity contribution in [2.75, 3.05) is 20.3 Å². The zero-order chi connectivity index (χ0) is 15.9. The molecule has 1 aliphatic heterocycles. The number of nitrogens with zero attached hydrogens (tertiary/aromatic N) is 1. The number of carbonyl (C=O) groups is 2. The van der Waals surface area contributed by atoms with Gasteiger partial charge >= 0.3 is 12.1 Å². The summed E-state index contributed by atoms with van der Waals surface area (Å²) in [6.45, 7) is 0.720. The van der Waals surface area contributed by atoms with Crippen LogP contribution < -0.4 is 0 Å². The third kappa shape index (κ3) is 4.21. The van der Waals surface area contributed by atoms with Crippen LogP contribution in [0.4, 0.5) is 4.79 Å². The van der Waals surface area contributed by atoms with Gasteiger partial charge in [0.25, 0.3) is 0 Å². The summed E-state index contributed by atoms with van der Waals surface area (Å²) in [4.78, 5) is 24.9. The predicted octanol–water partition coefficient (Wildman–Crippen LogP) is 2.13. The van der Waals surface area contributed by atoms with E-state index < -0.39 is 18.0 Å². The summed E-state index contributed by atoms with van der Waals surface area (Å²) in [5, 5.41) is 9.15. The van der Waals surface area contributed by atoms with Crippen molar-refractivity contribution >= 4 is 12.1 Å². The Balaban J connectivity index is 1.97. The summed E-state index contributed by atoms with van der Waals surface area (Å²) >= 11 is 0. The third-order valence-electron chi connectivity index (χ3n) is 3.85. The van der Waals surface area contributed by atoms with Crippen molar-refractivity contribution in [3.63, 3.8) is 0 Å². The minimum Gasteiger partial charge on any atom is -0.481 e. The van der Waals surface area contributed by atoms with E-state index in [1.54, 1.807) is 7.11 Å². The summed E-state index contributed by atoms with van der Waals surface area (Å²) in [6.07, 6.45) is 0.661. The second-order valence-corrected chi connectivity index (χ2v) is 5.41. The fourth-order valence-electron chi connectivity index (χ4n) is 2.62. The Bertz CT molecular complexity index is 505. The Morgan fingerprint density at radius 3 is 2.64 bits per heavy atom. The van der Waals surface area contributed by atoms with Crippen LogP contribution in [-0.4, -0.2) is 48.4 Å². The van der Waals surface area contributed by atoms with Crippen molar-refractivity contribution in [2.45, 2.75) is 25.5 Å². The molecule has 6 nitrogen and oxygen atoms in total. The second kappa shape index (κ2) is 7.79. The van der Waals surface area contributed by atoms with E-state index in [0.29, 0.717) is 19.4 Å². The molecule has 2 rings (SSSR count). The molecule has 0 saturated carbocycles. The molecule has 1 aromatic carbocycles. The molecule has 2 atom stereocenters. The molecule has 0 spiro atoms. The van der Waals surface area contributed by atoms with Crippen molar-refractivity contribution in [1.82, 2.24) is 4.90 Å². The molecule has 1 aliphatic rings. The molecular formula is C16H21NO5. The summed E-state index contributed by atoms with van der Waals surface area (Å²) in [5.74, 6) is -1.42. The van der Waals surface area contributed by atoms with Gasteiger partial charge in [-0.05, 0) is 18.4 Å². The molecule has 1 saturated heterocycles. The quantitative estimate of drug-likeness (QED) is 0.902. The molecule has 1 aromatic rings. The van der Waals surface area contributed by atoms with Crippen LogP contribution in [0.15, 0.2) is 30.3 Å². The van der Waals surface area contributed by atoms with Crippen molar-refractivity contribution in [2.24, 2.45) is 5.92 Å². The number of aliphatic carboxylic acids is 1. The molecular weight excluding hydrogens is 286 g/mol. The van der Waals surface area contributed by atoms with Crippen molar-refractivity contribution in [3.05, 3.63) is 35.9 Å². The normalized spacial score (nSPS) is 21.4. The average molecular weight is 307 g/mol. The van der Waals surface area contributed by atoms with Crippen molar-refractivity contribution < 1.29 is 24.2 Å². The molecule has 0 aliphatic carbocycles.